The van der Waals surface area contributed by atoms with E-state index in [1.807, 2.05) is 6.07 Å². The number of rotatable bonds is 6. The van der Waals surface area contributed by atoms with Crippen LogP contribution in [-0.2, 0) is 17.6 Å². The van der Waals surface area contributed by atoms with Crippen LogP contribution in [-0.4, -0.2) is 42.7 Å². The number of benzene rings is 1. The van der Waals surface area contributed by atoms with Gasteiger partial charge in [-0.05, 0) is 42.5 Å². The normalized spacial score (nSPS) is 13.2. The maximum absolute atomic E-state index is 11.6. The number of fused-ring (bicyclic) bond motifs is 1. The predicted octanol–water partition coefficient (Wildman–Crippen LogP) is 1.39. The molecule has 0 atom stereocenters. The second-order valence-electron chi connectivity index (χ2n) is 4.92. The molecule has 1 amide bonds. The smallest absolute Gasteiger partial charge is 0.225 e. The van der Waals surface area contributed by atoms with E-state index < -0.39 is 0 Å². The van der Waals surface area contributed by atoms with Gasteiger partial charge in [0, 0.05) is 13.6 Å². The van der Waals surface area contributed by atoms with Gasteiger partial charge < -0.3 is 14.7 Å². The number of amides is 1. The lowest BCUT2D eigenvalue weighted by atomic mass is 10.1. The molecule has 2 rings (SSSR count). The van der Waals surface area contributed by atoms with Crippen LogP contribution in [0.25, 0.3) is 0 Å². The fourth-order valence-corrected chi connectivity index (χ4v) is 2.36. The van der Waals surface area contributed by atoms with Crippen LogP contribution in [0.4, 0.5) is 0 Å². The second-order valence-corrected chi connectivity index (χ2v) is 4.92. The first-order valence-electron chi connectivity index (χ1n) is 6.80. The number of carbonyl (C=O) groups excluding carboxylic acids is 1. The standard InChI is InChI=1S/C15H21NO3/c1-16(8-9-17)15(18)7-10-19-14-6-5-12-3-2-4-13(12)11-14/h5-6,11,17H,2-4,7-10H2,1H3. The second kappa shape index (κ2) is 6.57. The summed E-state index contributed by atoms with van der Waals surface area (Å²) in [6.45, 7) is 0.749. The maximum atomic E-state index is 11.6. The first kappa shape index (κ1) is 13.9. The van der Waals surface area contributed by atoms with Crippen LogP contribution < -0.4 is 4.74 Å². The SMILES string of the molecule is CN(CCO)C(=O)CCOc1ccc2c(c1)CCC2. The van der Waals surface area contributed by atoms with Gasteiger partial charge in [-0.3, -0.25) is 4.79 Å². The highest BCUT2D eigenvalue weighted by atomic mass is 16.5. The third-order valence-corrected chi connectivity index (χ3v) is 3.52. The van der Waals surface area contributed by atoms with E-state index in [9.17, 15) is 4.79 Å². The van der Waals surface area contributed by atoms with Gasteiger partial charge in [0.2, 0.25) is 5.91 Å². The summed E-state index contributed by atoms with van der Waals surface area (Å²) in [6.07, 6.45) is 3.86. The molecule has 0 saturated heterocycles. The van der Waals surface area contributed by atoms with Crippen molar-refractivity contribution in [3.8, 4) is 5.75 Å². The van der Waals surface area contributed by atoms with E-state index in [0.29, 0.717) is 19.6 Å². The Bertz CT molecular complexity index is 445. The molecule has 0 heterocycles. The van der Waals surface area contributed by atoms with E-state index in [1.54, 1.807) is 7.05 Å². The van der Waals surface area contributed by atoms with E-state index in [0.717, 1.165) is 12.2 Å². The number of hydrogen-bond donors (Lipinski definition) is 1. The molecule has 4 heteroatoms. The fourth-order valence-electron chi connectivity index (χ4n) is 2.36. The third kappa shape index (κ3) is 3.70. The Morgan fingerprint density at radius 2 is 2.16 bits per heavy atom. The number of likely N-dealkylation sites (N-methyl/N-ethyl adjacent to an activating group) is 1. The molecule has 1 aliphatic rings. The molecule has 0 spiro atoms. The summed E-state index contributed by atoms with van der Waals surface area (Å²) in [4.78, 5) is 13.2. The molecule has 4 nitrogen and oxygen atoms in total. The third-order valence-electron chi connectivity index (χ3n) is 3.52. The zero-order chi connectivity index (χ0) is 13.7. The summed E-state index contributed by atoms with van der Waals surface area (Å²) in [7, 11) is 1.69. The van der Waals surface area contributed by atoms with Crippen LogP contribution in [0.5, 0.6) is 5.75 Å². The summed E-state index contributed by atoms with van der Waals surface area (Å²) in [6, 6.07) is 6.19. The zero-order valence-electron chi connectivity index (χ0n) is 11.4. The molecule has 1 N–H and O–H groups in total. The van der Waals surface area contributed by atoms with E-state index in [4.69, 9.17) is 9.84 Å². The number of aryl methyl sites for hydroxylation is 2. The molecule has 0 radical (unpaired) electrons. The molecule has 19 heavy (non-hydrogen) atoms. The molecule has 1 aromatic rings. The topological polar surface area (TPSA) is 49.8 Å². The van der Waals surface area contributed by atoms with Crippen molar-refractivity contribution in [3.05, 3.63) is 29.3 Å². The number of carbonyl (C=O) groups is 1. The Morgan fingerprint density at radius 3 is 2.95 bits per heavy atom. The molecular formula is C15H21NO3. The molecule has 0 saturated carbocycles. The summed E-state index contributed by atoms with van der Waals surface area (Å²) in [5.74, 6) is 0.841. The van der Waals surface area contributed by atoms with Crippen molar-refractivity contribution >= 4 is 5.91 Å². The van der Waals surface area contributed by atoms with Crippen molar-refractivity contribution in [2.24, 2.45) is 0 Å². The lowest BCUT2D eigenvalue weighted by Gasteiger charge is -2.15. The number of aliphatic hydroxyl groups is 1. The van der Waals surface area contributed by atoms with Gasteiger partial charge >= 0.3 is 0 Å². The molecule has 0 aromatic heterocycles. The van der Waals surface area contributed by atoms with Crippen molar-refractivity contribution in [2.45, 2.75) is 25.7 Å². The minimum absolute atomic E-state index is 0.00444. The van der Waals surface area contributed by atoms with Crippen molar-refractivity contribution in [3.63, 3.8) is 0 Å². The largest absolute Gasteiger partial charge is 0.493 e. The number of ether oxygens (including phenoxy) is 1. The summed E-state index contributed by atoms with van der Waals surface area (Å²) >= 11 is 0. The Morgan fingerprint density at radius 1 is 1.37 bits per heavy atom. The minimum atomic E-state index is -0.00603. The average Bonchev–Trinajstić information content (AvgIpc) is 2.86. The van der Waals surface area contributed by atoms with Gasteiger partial charge in [-0.15, -0.1) is 0 Å². The summed E-state index contributed by atoms with van der Waals surface area (Å²) in [5.41, 5.74) is 2.80. The van der Waals surface area contributed by atoms with Crippen molar-refractivity contribution in [1.29, 1.82) is 0 Å². The molecule has 0 bridgehead atoms. The van der Waals surface area contributed by atoms with E-state index >= 15 is 0 Å². The van der Waals surface area contributed by atoms with Crippen LogP contribution in [0.1, 0.15) is 24.0 Å². The van der Waals surface area contributed by atoms with Gasteiger partial charge in [-0.25, -0.2) is 0 Å². The van der Waals surface area contributed by atoms with Gasteiger partial charge in [-0.2, -0.15) is 0 Å². The lowest BCUT2D eigenvalue weighted by molar-refractivity contribution is -0.130. The molecule has 0 aliphatic heterocycles. The van der Waals surface area contributed by atoms with Gasteiger partial charge in [0.1, 0.15) is 5.75 Å². The highest BCUT2D eigenvalue weighted by molar-refractivity contribution is 5.75. The maximum Gasteiger partial charge on any atom is 0.225 e. The highest BCUT2D eigenvalue weighted by Crippen LogP contribution is 2.25. The van der Waals surface area contributed by atoms with Gasteiger partial charge in [0.25, 0.3) is 0 Å². The first-order chi connectivity index (χ1) is 9.20. The molecule has 104 valence electrons. The van der Waals surface area contributed by atoms with Crippen LogP contribution in [0.2, 0.25) is 0 Å². The first-order valence-corrected chi connectivity index (χ1v) is 6.80. The number of aliphatic hydroxyl groups excluding tert-OH is 1. The van der Waals surface area contributed by atoms with Gasteiger partial charge in [0.05, 0.1) is 19.6 Å². The Labute approximate surface area is 114 Å². The molecule has 1 aromatic carbocycles. The predicted molar refractivity (Wildman–Crippen MR) is 73.3 cm³/mol. The van der Waals surface area contributed by atoms with Gasteiger partial charge in [0.15, 0.2) is 0 Å². The van der Waals surface area contributed by atoms with Crippen LogP contribution in [0.15, 0.2) is 18.2 Å². The van der Waals surface area contributed by atoms with Crippen LogP contribution in [0.3, 0.4) is 0 Å². The van der Waals surface area contributed by atoms with Crippen LogP contribution >= 0.6 is 0 Å². The van der Waals surface area contributed by atoms with E-state index in [-0.39, 0.29) is 12.5 Å². The summed E-state index contributed by atoms with van der Waals surface area (Å²) < 4.78 is 5.62. The quantitative estimate of drug-likeness (QED) is 0.844. The molecule has 0 unspecified atom stereocenters. The van der Waals surface area contributed by atoms with E-state index in [1.165, 1.54) is 28.9 Å². The lowest BCUT2D eigenvalue weighted by Crippen LogP contribution is -2.30. The Balaban J connectivity index is 1.78. The Kier molecular flexibility index (Phi) is 4.80. The van der Waals surface area contributed by atoms with Crippen molar-refractivity contribution in [1.82, 2.24) is 4.90 Å². The van der Waals surface area contributed by atoms with Crippen molar-refractivity contribution < 1.29 is 14.6 Å². The van der Waals surface area contributed by atoms with E-state index in [2.05, 4.69) is 12.1 Å². The van der Waals surface area contributed by atoms with Crippen molar-refractivity contribution in [2.75, 3.05) is 26.8 Å². The highest BCUT2D eigenvalue weighted by Gasteiger charge is 2.12. The monoisotopic (exact) mass is 263 g/mol. The zero-order valence-corrected chi connectivity index (χ0v) is 11.4. The molecule has 0 fully saturated rings. The number of hydrogen-bond acceptors (Lipinski definition) is 3. The van der Waals surface area contributed by atoms with Crippen LogP contribution in [0, 0.1) is 0 Å². The van der Waals surface area contributed by atoms with Gasteiger partial charge in [-0.1, -0.05) is 6.07 Å². The summed E-state index contributed by atoms with van der Waals surface area (Å²) in [5, 5.41) is 8.75. The molecule has 1 aliphatic carbocycles. The molecular weight excluding hydrogens is 242 g/mol. The Hall–Kier alpha value is -1.55. The minimum Gasteiger partial charge on any atom is -0.493 e. The number of nitrogens with zero attached hydrogens (tertiary/aromatic N) is 1. The fraction of sp³-hybridized carbons (Fsp3) is 0.533. The average molecular weight is 263 g/mol.